The van der Waals surface area contributed by atoms with Crippen molar-refractivity contribution in [1.82, 2.24) is 9.78 Å². The highest BCUT2D eigenvalue weighted by Gasteiger charge is 2.19. The fourth-order valence-corrected chi connectivity index (χ4v) is 1.93. The Morgan fingerprint density at radius 3 is 2.86 bits per heavy atom. The molecule has 3 N–H and O–H groups in total. The number of aryl methyl sites for hydroxylation is 1. The molecule has 0 saturated carbocycles. The Hall–Kier alpha value is -1.17. The van der Waals surface area contributed by atoms with Crippen LogP contribution in [-0.2, 0) is 7.05 Å². The molecule has 0 amide bonds. The molecular weight excluding hydrogens is 202 g/mol. The Bertz CT molecular complexity index is 349. The van der Waals surface area contributed by atoms with Crippen molar-refractivity contribution in [3.63, 3.8) is 0 Å². The summed E-state index contributed by atoms with van der Waals surface area (Å²) in [4.78, 5) is 10.9. The molecule has 0 fully saturated rings. The molecular formula is C8H13N3O2S. The number of nitrogens with zero attached hydrogens (tertiary/aromatic N) is 2. The highest BCUT2D eigenvalue weighted by Crippen LogP contribution is 2.26. The Morgan fingerprint density at radius 2 is 2.36 bits per heavy atom. The van der Waals surface area contributed by atoms with Crippen molar-refractivity contribution in [2.45, 2.75) is 18.4 Å². The molecule has 1 heterocycles. The van der Waals surface area contributed by atoms with Gasteiger partial charge in [0.2, 0.25) is 0 Å². The van der Waals surface area contributed by atoms with E-state index < -0.39 is 5.97 Å². The van der Waals surface area contributed by atoms with Crippen LogP contribution in [0.4, 0.5) is 5.82 Å². The summed E-state index contributed by atoms with van der Waals surface area (Å²) in [6, 6.07) is 0. The molecule has 5 nitrogen and oxygen atoms in total. The molecule has 14 heavy (non-hydrogen) atoms. The van der Waals surface area contributed by atoms with Crippen LogP contribution in [0.5, 0.6) is 0 Å². The maximum absolute atomic E-state index is 10.9. The molecule has 0 atom stereocenters. The summed E-state index contributed by atoms with van der Waals surface area (Å²) in [6.45, 7) is 2.03. The number of aromatic carboxylic acids is 1. The van der Waals surface area contributed by atoms with Crippen molar-refractivity contribution in [2.24, 2.45) is 7.05 Å². The van der Waals surface area contributed by atoms with E-state index in [1.807, 2.05) is 6.92 Å². The van der Waals surface area contributed by atoms with Crippen LogP contribution in [0, 0.1) is 0 Å². The molecule has 1 aromatic rings. The minimum atomic E-state index is -1.02. The van der Waals surface area contributed by atoms with Crippen molar-refractivity contribution >= 4 is 23.5 Å². The van der Waals surface area contributed by atoms with Crippen LogP contribution in [0.1, 0.15) is 23.7 Å². The van der Waals surface area contributed by atoms with E-state index in [2.05, 4.69) is 5.10 Å². The van der Waals surface area contributed by atoms with E-state index >= 15 is 0 Å². The van der Waals surface area contributed by atoms with E-state index in [4.69, 9.17) is 10.8 Å². The molecule has 6 heteroatoms. The Balaban J connectivity index is 3.03. The first-order chi connectivity index (χ1) is 6.57. The SMILES string of the molecule is CCCSc1nn(C)c(N)c1C(=O)O. The molecule has 0 aromatic carbocycles. The minimum absolute atomic E-state index is 0.117. The van der Waals surface area contributed by atoms with Gasteiger partial charge in [-0.15, -0.1) is 11.8 Å². The van der Waals surface area contributed by atoms with Gasteiger partial charge in [0.05, 0.1) is 0 Å². The smallest absolute Gasteiger partial charge is 0.342 e. The second-order valence-corrected chi connectivity index (χ2v) is 3.93. The number of carboxylic acid groups (broad SMARTS) is 1. The number of nitrogens with two attached hydrogens (primary N) is 1. The van der Waals surface area contributed by atoms with Crippen LogP contribution >= 0.6 is 11.8 Å². The summed E-state index contributed by atoms with van der Waals surface area (Å²) in [5, 5.41) is 13.5. The number of nitrogen functional groups attached to an aromatic ring is 1. The van der Waals surface area contributed by atoms with Gasteiger partial charge in [0.1, 0.15) is 16.4 Å². The van der Waals surface area contributed by atoms with Crippen LogP contribution in [-0.4, -0.2) is 26.6 Å². The third-order valence-electron chi connectivity index (χ3n) is 1.72. The van der Waals surface area contributed by atoms with Crippen LogP contribution in [0.3, 0.4) is 0 Å². The second-order valence-electron chi connectivity index (χ2n) is 2.84. The van der Waals surface area contributed by atoms with Gasteiger partial charge in [-0.05, 0) is 12.2 Å². The van der Waals surface area contributed by atoms with Gasteiger partial charge in [-0.3, -0.25) is 4.68 Å². The summed E-state index contributed by atoms with van der Waals surface area (Å²) in [7, 11) is 1.64. The Morgan fingerprint density at radius 1 is 1.71 bits per heavy atom. The van der Waals surface area contributed by atoms with E-state index in [1.165, 1.54) is 16.4 Å². The van der Waals surface area contributed by atoms with Crippen molar-refractivity contribution < 1.29 is 9.90 Å². The molecule has 0 radical (unpaired) electrons. The number of thioether (sulfide) groups is 1. The number of carbonyl (C=O) groups is 1. The predicted molar refractivity (Wildman–Crippen MR) is 55.6 cm³/mol. The lowest BCUT2D eigenvalue weighted by Gasteiger charge is -1.96. The minimum Gasteiger partial charge on any atom is -0.477 e. The highest BCUT2D eigenvalue weighted by atomic mass is 32.2. The van der Waals surface area contributed by atoms with E-state index in [0.29, 0.717) is 5.03 Å². The zero-order valence-corrected chi connectivity index (χ0v) is 8.97. The van der Waals surface area contributed by atoms with Crippen molar-refractivity contribution in [2.75, 3.05) is 11.5 Å². The maximum Gasteiger partial charge on any atom is 0.342 e. The molecule has 0 aliphatic rings. The molecule has 0 unspecified atom stereocenters. The van der Waals surface area contributed by atoms with Gasteiger partial charge in [0.25, 0.3) is 0 Å². The van der Waals surface area contributed by atoms with Gasteiger partial charge < -0.3 is 10.8 Å². The Kier molecular flexibility index (Phi) is 3.40. The zero-order chi connectivity index (χ0) is 10.7. The van der Waals surface area contributed by atoms with E-state index in [9.17, 15) is 4.79 Å². The number of hydrogen-bond acceptors (Lipinski definition) is 4. The monoisotopic (exact) mass is 215 g/mol. The summed E-state index contributed by atoms with van der Waals surface area (Å²) in [5.74, 6) is 0.0295. The fourth-order valence-electron chi connectivity index (χ4n) is 1.01. The Labute approximate surface area is 86.3 Å². The normalized spacial score (nSPS) is 10.4. The quantitative estimate of drug-likeness (QED) is 0.738. The first-order valence-corrected chi connectivity index (χ1v) is 5.25. The summed E-state index contributed by atoms with van der Waals surface area (Å²) < 4.78 is 1.39. The standard InChI is InChI=1S/C8H13N3O2S/c1-3-4-14-7-5(8(12)13)6(9)11(2)10-7/h3-4,9H2,1-2H3,(H,12,13). The van der Waals surface area contributed by atoms with Gasteiger partial charge in [0.15, 0.2) is 0 Å². The lowest BCUT2D eigenvalue weighted by Crippen LogP contribution is -2.03. The van der Waals surface area contributed by atoms with Crippen LogP contribution < -0.4 is 5.73 Å². The van der Waals surface area contributed by atoms with Crippen LogP contribution in [0.15, 0.2) is 5.03 Å². The number of hydrogen-bond donors (Lipinski definition) is 2. The second kappa shape index (κ2) is 4.36. The van der Waals surface area contributed by atoms with E-state index in [0.717, 1.165) is 12.2 Å². The van der Waals surface area contributed by atoms with Gasteiger partial charge in [-0.2, -0.15) is 5.10 Å². The van der Waals surface area contributed by atoms with Gasteiger partial charge in [-0.25, -0.2) is 4.79 Å². The third kappa shape index (κ3) is 2.01. The zero-order valence-electron chi connectivity index (χ0n) is 8.15. The molecule has 78 valence electrons. The number of anilines is 1. The molecule has 0 saturated heterocycles. The molecule has 0 spiro atoms. The van der Waals surface area contributed by atoms with Crippen LogP contribution in [0.25, 0.3) is 0 Å². The number of aromatic nitrogens is 2. The lowest BCUT2D eigenvalue weighted by atomic mass is 10.3. The summed E-state index contributed by atoms with van der Waals surface area (Å²) >= 11 is 1.42. The van der Waals surface area contributed by atoms with Crippen molar-refractivity contribution in [1.29, 1.82) is 0 Å². The summed E-state index contributed by atoms with van der Waals surface area (Å²) in [6.07, 6.45) is 0.972. The average Bonchev–Trinajstić information content (AvgIpc) is 2.39. The lowest BCUT2D eigenvalue weighted by molar-refractivity contribution is 0.0694. The van der Waals surface area contributed by atoms with Crippen molar-refractivity contribution in [3.05, 3.63) is 5.56 Å². The first-order valence-electron chi connectivity index (χ1n) is 4.26. The summed E-state index contributed by atoms with van der Waals surface area (Å²) in [5.41, 5.74) is 5.70. The topological polar surface area (TPSA) is 81.1 Å². The van der Waals surface area contributed by atoms with Crippen molar-refractivity contribution in [3.8, 4) is 0 Å². The van der Waals surface area contributed by atoms with Crippen LogP contribution in [0.2, 0.25) is 0 Å². The fraction of sp³-hybridized carbons (Fsp3) is 0.500. The van der Waals surface area contributed by atoms with E-state index in [1.54, 1.807) is 7.05 Å². The highest BCUT2D eigenvalue weighted by molar-refractivity contribution is 7.99. The molecule has 1 aromatic heterocycles. The van der Waals surface area contributed by atoms with E-state index in [-0.39, 0.29) is 11.4 Å². The maximum atomic E-state index is 10.9. The first kappa shape index (κ1) is 10.9. The van der Waals surface area contributed by atoms with Gasteiger partial charge in [0, 0.05) is 7.05 Å². The average molecular weight is 215 g/mol. The molecule has 1 rings (SSSR count). The number of rotatable bonds is 4. The number of carboxylic acids is 1. The van der Waals surface area contributed by atoms with Gasteiger partial charge in [-0.1, -0.05) is 6.92 Å². The predicted octanol–water partition coefficient (Wildman–Crippen LogP) is 1.20. The largest absolute Gasteiger partial charge is 0.477 e. The third-order valence-corrected chi connectivity index (χ3v) is 2.89. The molecule has 0 aliphatic heterocycles. The molecule has 0 bridgehead atoms. The van der Waals surface area contributed by atoms with Gasteiger partial charge >= 0.3 is 5.97 Å². The molecule has 0 aliphatic carbocycles.